The van der Waals surface area contributed by atoms with Crippen LogP contribution in [0, 0.1) is 0 Å². The molecule has 192 valence electrons. The van der Waals surface area contributed by atoms with Crippen LogP contribution >= 0.6 is 11.8 Å². The molecule has 1 rings (SSSR count). The Balaban J connectivity index is 3.35. The van der Waals surface area contributed by atoms with Gasteiger partial charge in [0, 0.05) is 12.1 Å². The van der Waals surface area contributed by atoms with Crippen LogP contribution in [0.25, 0.3) is 0 Å². The van der Waals surface area contributed by atoms with Crippen molar-refractivity contribution in [1.29, 1.82) is 0 Å². The highest BCUT2D eigenvalue weighted by Gasteiger charge is 2.36. The summed E-state index contributed by atoms with van der Waals surface area (Å²) in [5, 5.41) is 5.76. The van der Waals surface area contributed by atoms with E-state index in [1.165, 1.54) is 0 Å². The van der Waals surface area contributed by atoms with E-state index in [0.29, 0.717) is 18.7 Å². The number of nitrogens with one attached hydrogen (secondary N) is 2. The van der Waals surface area contributed by atoms with E-state index in [2.05, 4.69) is 17.6 Å². The van der Waals surface area contributed by atoms with Gasteiger partial charge in [-0.3, -0.25) is 9.59 Å². The van der Waals surface area contributed by atoms with Gasteiger partial charge in [-0.05, 0) is 84.4 Å². The fourth-order valence-corrected chi connectivity index (χ4v) is 3.93. The summed E-state index contributed by atoms with van der Waals surface area (Å²) in [5.74, 6) is 0.109. The third-order valence-electron chi connectivity index (χ3n) is 4.99. The van der Waals surface area contributed by atoms with Crippen LogP contribution in [0.3, 0.4) is 0 Å². The Morgan fingerprint density at radius 1 is 1.03 bits per heavy atom. The van der Waals surface area contributed by atoms with Gasteiger partial charge >= 0.3 is 6.09 Å². The van der Waals surface area contributed by atoms with Crippen LogP contribution in [0.5, 0.6) is 0 Å². The van der Waals surface area contributed by atoms with E-state index in [0.717, 1.165) is 17.5 Å². The summed E-state index contributed by atoms with van der Waals surface area (Å²) >= 11 is 1.59. The zero-order chi connectivity index (χ0) is 26.1. The topological polar surface area (TPSA) is 87.7 Å². The predicted octanol–water partition coefficient (Wildman–Crippen LogP) is 4.70. The minimum Gasteiger partial charge on any atom is -0.444 e. The summed E-state index contributed by atoms with van der Waals surface area (Å²) in [5.41, 5.74) is 0.735. The van der Waals surface area contributed by atoms with E-state index in [1.807, 2.05) is 58.2 Å². The lowest BCUT2D eigenvalue weighted by Crippen LogP contribution is -2.54. The normalized spacial score (nSPS) is 13.6. The largest absolute Gasteiger partial charge is 0.444 e. The van der Waals surface area contributed by atoms with Crippen LogP contribution in [0.15, 0.2) is 24.3 Å². The molecule has 1 aromatic rings. The van der Waals surface area contributed by atoms with Gasteiger partial charge in [-0.25, -0.2) is 4.79 Å². The van der Waals surface area contributed by atoms with Gasteiger partial charge < -0.3 is 20.3 Å². The molecule has 0 saturated carbocycles. The Hall–Kier alpha value is -2.22. The molecule has 0 aliphatic carbocycles. The smallest absolute Gasteiger partial charge is 0.408 e. The molecule has 34 heavy (non-hydrogen) atoms. The van der Waals surface area contributed by atoms with E-state index in [9.17, 15) is 14.4 Å². The number of amides is 3. The standard InChI is InChI=1S/C26H43N3O4S/c1-10-18-12-14-19(15-13-18)21(22(30)28-25(3,4)5)29(11-2)23(31)20(16-17-34-9)27-24(32)33-26(6,7)8/h12-15,20-21H,10-11,16-17H2,1-9H3,(H,27,32)(H,28,30). The van der Waals surface area contributed by atoms with E-state index >= 15 is 0 Å². The Morgan fingerprint density at radius 2 is 1.62 bits per heavy atom. The molecule has 0 bridgehead atoms. The number of likely N-dealkylation sites (N-methyl/N-ethyl adjacent to an activating group) is 1. The molecule has 2 N–H and O–H groups in total. The predicted molar refractivity (Wildman–Crippen MR) is 140 cm³/mol. The molecule has 8 heteroatoms. The third kappa shape index (κ3) is 9.95. The van der Waals surface area contributed by atoms with Gasteiger partial charge in [0.05, 0.1) is 0 Å². The Kier molecular flexibility index (Phi) is 11.4. The summed E-state index contributed by atoms with van der Waals surface area (Å²) < 4.78 is 5.39. The summed E-state index contributed by atoms with van der Waals surface area (Å²) in [6, 6.07) is 6.14. The first kappa shape index (κ1) is 29.8. The van der Waals surface area contributed by atoms with Crippen molar-refractivity contribution in [2.45, 2.75) is 91.5 Å². The van der Waals surface area contributed by atoms with Crippen LogP contribution in [0.4, 0.5) is 4.79 Å². The number of alkyl carbamates (subject to hydrolysis) is 1. The maximum Gasteiger partial charge on any atom is 0.408 e. The van der Waals surface area contributed by atoms with Crippen molar-refractivity contribution in [2.24, 2.45) is 0 Å². The zero-order valence-corrected chi connectivity index (χ0v) is 23.1. The molecule has 0 spiro atoms. The minimum absolute atomic E-state index is 0.257. The second kappa shape index (κ2) is 13.0. The number of carbonyl (C=O) groups excluding carboxylic acids is 3. The number of benzene rings is 1. The lowest BCUT2D eigenvalue weighted by atomic mass is 9.99. The molecule has 2 atom stereocenters. The fourth-order valence-electron chi connectivity index (χ4n) is 3.46. The van der Waals surface area contributed by atoms with Gasteiger partial charge in [0.25, 0.3) is 0 Å². The molecule has 0 heterocycles. The highest BCUT2D eigenvalue weighted by atomic mass is 32.2. The minimum atomic E-state index is -0.820. The second-order valence-corrected chi connectivity index (χ2v) is 11.3. The van der Waals surface area contributed by atoms with Crippen molar-refractivity contribution < 1.29 is 19.1 Å². The molecule has 0 radical (unpaired) electrons. The average Bonchev–Trinajstić information content (AvgIpc) is 2.71. The van der Waals surface area contributed by atoms with Crippen molar-refractivity contribution in [2.75, 3.05) is 18.6 Å². The Labute approximate surface area is 209 Å². The van der Waals surface area contributed by atoms with Crippen LogP contribution in [-0.2, 0) is 20.7 Å². The van der Waals surface area contributed by atoms with Crippen molar-refractivity contribution in [1.82, 2.24) is 15.5 Å². The molecular formula is C26H43N3O4S. The van der Waals surface area contributed by atoms with Crippen LogP contribution in [0.2, 0.25) is 0 Å². The Morgan fingerprint density at radius 3 is 2.06 bits per heavy atom. The van der Waals surface area contributed by atoms with Crippen molar-refractivity contribution in [3.05, 3.63) is 35.4 Å². The number of aryl methyl sites for hydroxylation is 1. The average molecular weight is 494 g/mol. The quantitative estimate of drug-likeness (QED) is 0.493. The molecule has 0 saturated heterocycles. The molecule has 0 aliphatic rings. The summed E-state index contributed by atoms with van der Waals surface area (Å²) in [6.07, 6.45) is 2.61. The number of thioether (sulfide) groups is 1. The number of rotatable bonds is 10. The summed E-state index contributed by atoms with van der Waals surface area (Å²) in [7, 11) is 0. The lowest BCUT2D eigenvalue weighted by Gasteiger charge is -2.35. The molecular weight excluding hydrogens is 450 g/mol. The van der Waals surface area contributed by atoms with Gasteiger partial charge in [0.1, 0.15) is 17.7 Å². The SMILES string of the molecule is CCc1ccc(C(C(=O)NC(C)(C)C)N(CC)C(=O)C(CCSC)NC(=O)OC(C)(C)C)cc1. The number of carbonyl (C=O) groups is 3. The van der Waals surface area contributed by atoms with Crippen LogP contribution in [-0.4, -0.2) is 58.5 Å². The van der Waals surface area contributed by atoms with Gasteiger partial charge in [-0.1, -0.05) is 31.2 Å². The number of nitrogens with zero attached hydrogens (tertiary/aromatic N) is 1. The molecule has 7 nitrogen and oxygen atoms in total. The first-order valence-electron chi connectivity index (χ1n) is 11.9. The zero-order valence-electron chi connectivity index (χ0n) is 22.3. The fraction of sp³-hybridized carbons (Fsp3) is 0.654. The van der Waals surface area contributed by atoms with Gasteiger partial charge in [0.2, 0.25) is 11.8 Å². The number of ether oxygens (including phenoxy) is 1. The lowest BCUT2D eigenvalue weighted by molar-refractivity contribution is -0.142. The summed E-state index contributed by atoms with van der Waals surface area (Å²) in [4.78, 5) is 41.2. The highest BCUT2D eigenvalue weighted by Crippen LogP contribution is 2.25. The number of hydrogen-bond acceptors (Lipinski definition) is 5. The van der Waals surface area contributed by atoms with E-state index < -0.39 is 29.3 Å². The molecule has 2 unspecified atom stereocenters. The van der Waals surface area contributed by atoms with Gasteiger partial charge in [-0.15, -0.1) is 0 Å². The first-order chi connectivity index (χ1) is 15.7. The first-order valence-corrected chi connectivity index (χ1v) is 13.3. The monoisotopic (exact) mass is 493 g/mol. The Bertz CT molecular complexity index is 813. The van der Waals surface area contributed by atoms with E-state index in [-0.39, 0.29) is 11.8 Å². The molecule has 0 aromatic heterocycles. The molecule has 1 aromatic carbocycles. The van der Waals surface area contributed by atoms with Gasteiger partial charge in [0.15, 0.2) is 0 Å². The van der Waals surface area contributed by atoms with E-state index in [4.69, 9.17) is 4.74 Å². The van der Waals surface area contributed by atoms with Crippen LogP contribution in [0.1, 0.15) is 79.0 Å². The molecule has 3 amide bonds. The number of hydrogen-bond donors (Lipinski definition) is 2. The highest BCUT2D eigenvalue weighted by molar-refractivity contribution is 7.98. The maximum absolute atomic E-state index is 13.8. The second-order valence-electron chi connectivity index (χ2n) is 10.3. The van der Waals surface area contributed by atoms with Crippen molar-refractivity contribution in [3.8, 4) is 0 Å². The van der Waals surface area contributed by atoms with Crippen LogP contribution < -0.4 is 10.6 Å². The van der Waals surface area contributed by atoms with Crippen molar-refractivity contribution in [3.63, 3.8) is 0 Å². The molecule has 0 aliphatic heterocycles. The van der Waals surface area contributed by atoms with Gasteiger partial charge in [-0.2, -0.15) is 11.8 Å². The molecule has 0 fully saturated rings. The van der Waals surface area contributed by atoms with E-state index in [1.54, 1.807) is 37.4 Å². The van der Waals surface area contributed by atoms with Crippen molar-refractivity contribution >= 4 is 29.7 Å². The summed E-state index contributed by atoms with van der Waals surface area (Å²) in [6.45, 7) is 15.3. The third-order valence-corrected chi connectivity index (χ3v) is 5.63. The maximum atomic E-state index is 13.8.